The fourth-order valence-corrected chi connectivity index (χ4v) is 2.37. The number of hydrogen-bond donors (Lipinski definition) is 1. The molecule has 2 heterocycles. The molecule has 0 bridgehead atoms. The van der Waals surface area contributed by atoms with Crippen molar-refractivity contribution in [3.8, 4) is 6.07 Å². The Bertz CT molecular complexity index is 762. The van der Waals surface area contributed by atoms with Gasteiger partial charge >= 0.3 is 11.9 Å². The van der Waals surface area contributed by atoms with Crippen LogP contribution in [0.4, 0.5) is 0 Å². The summed E-state index contributed by atoms with van der Waals surface area (Å²) in [5, 5.41) is 9.43. The molecule has 2 N–H and O–H groups in total. The van der Waals surface area contributed by atoms with E-state index in [0.717, 1.165) is 0 Å². The number of nitrogens with two attached hydrogens (primary N) is 1. The maximum Gasteiger partial charge on any atom is 0.338 e. The molecule has 0 fully saturated rings. The molecule has 0 radical (unpaired) electrons. The van der Waals surface area contributed by atoms with Crippen LogP contribution in [0.2, 0.25) is 0 Å². The van der Waals surface area contributed by atoms with Gasteiger partial charge in [-0.05, 0) is 11.6 Å². The van der Waals surface area contributed by atoms with E-state index >= 15 is 0 Å². The first kappa shape index (κ1) is 17.0. The first-order valence-electron chi connectivity index (χ1n) is 6.89. The number of nitriles is 1. The summed E-state index contributed by atoms with van der Waals surface area (Å²) < 4.78 is 14.7. The maximum atomic E-state index is 12.3. The lowest BCUT2D eigenvalue weighted by Crippen LogP contribution is -2.27. The van der Waals surface area contributed by atoms with E-state index in [0.29, 0.717) is 5.56 Å². The van der Waals surface area contributed by atoms with Gasteiger partial charge in [0.05, 0.1) is 25.7 Å². The van der Waals surface area contributed by atoms with Crippen molar-refractivity contribution in [3.05, 3.63) is 52.9 Å². The second-order valence-electron chi connectivity index (χ2n) is 4.79. The average molecular weight is 329 g/mol. The second kappa shape index (κ2) is 7.28. The number of pyridine rings is 1. The molecule has 24 heavy (non-hydrogen) atoms. The molecule has 1 aliphatic heterocycles. The van der Waals surface area contributed by atoms with E-state index < -0.39 is 17.9 Å². The fourth-order valence-electron chi connectivity index (χ4n) is 2.37. The van der Waals surface area contributed by atoms with Crippen molar-refractivity contribution in [2.75, 3.05) is 14.2 Å². The molecule has 124 valence electrons. The van der Waals surface area contributed by atoms with Crippen LogP contribution >= 0.6 is 0 Å². The second-order valence-corrected chi connectivity index (χ2v) is 4.79. The van der Waals surface area contributed by atoms with E-state index in [-0.39, 0.29) is 29.2 Å². The van der Waals surface area contributed by atoms with E-state index in [9.17, 15) is 14.9 Å². The Balaban J connectivity index is 2.65. The number of allylic oxidation sites excluding steroid dienone is 1. The summed E-state index contributed by atoms with van der Waals surface area (Å²) in [7, 11) is 2.40. The SMILES string of the molecule is COC(=O)CC1=C(C(=O)OC)C(c2cccnc2)C(C#N)=C(N)O1. The quantitative estimate of drug-likeness (QED) is 0.807. The summed E-state index contributed by atoms with van der Waals surface area (Å²) in [5.41, 5.74) is 6.40. The van der Waals surface area contributed by atoms with Crippen molar-refractivity contribution in [3.63, 3.8) is 0 Å². The van der Waals surface area contributed by atoms with Crippen molar-refractivity contribution in [2.24, 2.45) is 5.73 Å². The summed E-state index contributed by atoms with van der Waals surface area (Å²) in [6.07, 6.45) is 2.73. The van der Waals surface area contributed by atoms with Crippen LogP contribution < -0.4 is 5.73 Å². The predicted molar refractivity (Wildman–Crippen MR) is 80.6 cm³/mol. The monoisotopic (exact) mass is 329 g/mol. The normalized spacial score (nSPS) is 17.0. The van der Waals surface area contributed by atoms with E-state index in [1.165, 1.54) is 20.4 Å². The Hall–Kier alpha value is -3.34. The molecule has 1 aromatic rings. The molecule has 0 aliphatic carbocycles. The summed E-state index contributed by atoms with van der Waals surface area (Å²) >= 11 is 0. The highest BCUT2D eigenvalue weighted by atomic mass is 16.5. The molecular formula is C16H15N3O5. The lowest BCUT2D eigenvalue weighted by atomic mass is 9.83. The third kappa shape index (κ3) is 3.20. The highest BCUT2D eigenvalue weighted by Crippen LogP contribution is 2.40. The topological polar surface area (TPSA) is 125 Å². The van der Waals surface area contributed by atoms with E-state index in [2.05, 4.69) is 9.72 Å². The van der Waals surface area contributed by atoms with Crippen LogP contribution in [0.25, 0.3) is 0 Å². The van der Waals surface area contributed by atoms with Crippen LogP contribution in [0.1, 0.15) is 17.9 Å². The molecule has 0 aromatic carbocycles. The number of ether oxygens (including phenoxy) is 3. The molecule has 8 nitrogen and oxygen atoms in total. The first-order chi connectivity index (χ1) is 11.5. The Kier molecular flexibility index (Phi) is 5.16. The van der Waals surface area contributed by atoms with E-state index in [1.54, 1.807) is 18.3 Å². The minimum absolute atomic E-state index is 0.0148. The van der Waals surface area contributed by atoms with Crippen LogP contribution in [0, 0.1) is 11.3 Å². The van der Waals surface area contributed by atoms with Gasteiger partial charge in [0, 0.05) is 12.4 Å². The largest absolute Gasteiger partial charge is 0.469 e. The summed E-state index contributed by atoms with van der Waals surface area (Å²) in [4.78, 5) is 27.9. The molecule has 1 unspecified atom stereocenters. The number of carbonyl (C=O) groups is 2. The Morgan fingerprint density at radius 2 is 2.17 bits per heavy atom. The van der Waals surface area contributed by atoms with Gasteiger partial charge in [0.25, 0.3) is 0 Å². The highest BCUT2D eigenvalue weighted by Gasteiger charge is 2.38. The molecule has 1 aliphatic rings. The van der Waals surface area contributed by atoms with Crippen molar-refractivity contribution < 1.29 is 23.8 Å². The van der Waals surface area contributed by atoms with E-state index in [1.807, 2.05) is 6.07 Å². The molecule has 0 saturated carbocycles. The minimum Gasteiger partial charge on any atom is -0.469 e. The fraction of sp³-hybridized carbons (Fsp3) is 0.250. The van der Waals surface area contributed by atoms with Gasteiger partial charge in [-0.15, -0.1) is 0 Å². The number of carbonyl (C=O) groups excluding carboxylic acids is 2. The standard InChI is InChI=1S/C16H15N3O5/c1-22-12(20)6-11-14(16(21)23-2)13(9-4-3-5-19-8-9)10(7-17)15(18)24-11/h3-5,8,13H,6,18H2,1-2H3. The lowest BCUT2D eigenvalue weighted by Gasteiger charge is -2.27. The van der Waals surface area contributed by atoms with Crippen LogP contribution in [0.15, 0.2) is 47.3 Å². The van der Waals surface area contributed by atoms with Crippen LogP contribution in [-0.4, -0.2) is 31.1 Å². The van der Waals surface area contributed by atoms with Gasteiger partial charge in [-0.1, -0.05) is 6.07 Å². The smallest absolute Gasteiger partial charge is 0.338 e. The van der Waals surface area contributed by atoms with Gasteiger partial charge in [0.2, 0.25) is 5.88 Å². The van der Waals surface area contributed by atoms with Gasteiger partial charge in [-0.25, -0.2) is 4.79 Å². The van der Waals surface area contributed by atoms with Crippen molar-refractivity contribution in [1.82, 2.24) is 4.98 Å². The van der Waals surface area contributed by atoms with Crippen LogP contribution in [0.3, 0.4) is 0 Å². The Morgan fingerprint density at radius 3 is 2.71 bits per heavy atom. The van der Waals surface area contributed by atoms with Crippen molar-refractivity contribution in [1.29, 1.82) is 5.26 Å². The molecule has 1 atom stereocenters. The van der Waals surface area contributed by atoms with Crippen molar-refractivity contribution >= 4 is 11.9 Å². The third-order valence-electron chi connectivity index (χ3n) is 3.45. The lowest BCUT2D eigenvalue weighted by molar-refractivity contribution is -0.140. The number of nitrogens with zero attached hydrogens (tertiary/aromatic N) is 2. The molecule has 2 rings (SSSR count). The molecule has 0 saturated heterocycles. The summed E-state index contributed by atoms with van der Waals surface area (Å²) in [6, 6.07) is 5.29. The van der Waals surface area contributed by atoms with Gasteiger partial charge in [-0.3, -0.25) is 9.78 Å². The minimum atomic E-state index is -0.843. The molecule has 1 aromatic heterocycles. The zero-order valence-electron chi connectivity index (χ0n) is 13.1. The van der Waals surface area contributed by atoms with Crippen molar-refractivity contribution in [2.45, 2.75) is 12.3 Å². The number of hydrogen-bond acceptors (Lipinski definition) is 8. The molecular weight excluding hydrogens is 314 g/mol. The Labute approximate surface area is 138 Å². The van der Waals surface area contributed by atoms with Crippen LogP contribution in [-0.2, 0) is 23.8 Å². The predicted octanol–water partition coefficient (Wildman–Crippen LogP) is 0.879. The summed E-state index contributed by atoms with van der Waals surface area (Å²) in [6.45, 7) is 0. The number of esters is 2. The molecule has 0 amide bonds. The summed E-state index contributed by atoms with van der Waals surface area (Å²) in [5.74, 6) is -2.39. The highest BCUT2D eigenvalue weighted by molar-refractivity contribution is 5.93. The van der Waals surface area contributed by atoms with Gasteiger partial charge < -0.3 is 19.9 Å². The zero-order chi connectivity index (χ0) is 17.7. The third-order valence-corrected chi connectivity index (χ3v) is 3.45. The van der Waals surface area contributed by atoms with Crippen LogP contribution in [0.5, 0.6) is 0 Å². The number of rotatable bonds is 4. The molecule has 8 heteroatoms. The van der Waals surface area contributed by atoms with Gasteiger partial charge in [0.1, 0.15) is 23.8 Å². The average Bonchev–Trinajstić information content (AvgIpc) is 2.61. The first-order valence-corrected chi connectivity index (χ1v) is 6.89. The Morgan fingerprint density at radius 1 is 1.42 bits per heavy atom. The van der Waals surface area contributed by atoms with Gasteiger partial charge in [0.15, 0.2) is 0 Å². The number of aromatic nitrogens is 1. The maximum absolute atomic E-state index is 12.3. The molecule has 0 spiro atoms. The van der Waals surface area contributed by atoms with Gasteiger partial charge in [-0.2, -0.15) is 5.26 Å². The number of methoxy groups -OCH3 is 2. The zero-order valence-corrected chi connectivity index (χ0v) is 13.1. The van der Waals surface area contributed by atoms with E-state index in [4.69, 9.17) is 15.2 Å².